The lowest BCUT2D eigenvalue weighted by atomic mass is 10.3. The average Bonchev–Trinajstić information content (AvgIpc) is 2.63. The Morgan fingerprint density at radius 3 is 3.00 bits per heavy atom. The van der Waals surface area contributed by atoms with Gasteiger partial charge in [-0.05, 0) is 13.5 Å². The fourth-order valence-electron chi connectivity index (χ4n) is 1.47. The molecule has 0 aliphatic heterocycles. The van der Waals surface area contributed by atoms with Gasteiger partial charge in [0.15, 0.2) is 11.5 Å². The SMILES string of the molecule is CCNC(C)c1nc2ncnc(N)c2[nH]1. The zero-order valence-electron chi connectivity index (χ0n) is 8.78. The predicted octanol–water partition coefficient (Wildman–Crippen LogP) is 0.606. The first kappa shape index (κ1) is 9.85. The van der Waals surface area contributed by atoms with Crippen molar-refractivity contribution in [3.63, 3.8) is 0 Å². The highest BCUT2D eigenvalue weighted by molar-refractivity contribution is 5.81. The van der Waals surface area contributed by atoms with Gasteiger partial charge in [-0.15, -0.1) is 0 Å². The van der Waals surface area contributed by atoms with Crippen molar-refractivity contribution in [2.24, 2.45) is 0 Å². The van der Waals surface area contributed by atoms with E-state index in [2.05, 4.69) is 25.3 Å². The second-order valence-corrected chi connectivity index (χ2v) is 3.36. The summed E-state index contributed by atoms with van der Waals surface area (Å²) in [5.74, 6) is 1.27. The minimum Gasteiger partial charge on any atom is -0.382 e. The Morgan fingerprint density at radius 1 is 1.53 bits per heavy atom. The van der Waals surface area contributed by atoms with E-state index in [0.29, 0.717) is 17.0 Å². The number of anilines is 1. The van der Waals surface area contributed by atoms with E-state index in [1.54, 1.807) is 0 Å². The highest BCUT2D eigenvalue weighted by Gasteiger charge is 2.11. The lowest BCUT2D eigenvalue weighted by Gasteiger charge is -2.07. The van der Waals surface area contributed by atoms with Gasteiger partial charge in [0.25, 0.3) is 0 Å². The molecular weight excluding hydrogens is 192 g/mol. The zero-order valence-corrected chi connectivity index (χ0v) is 8.78. The summed E-state index contributed by atoms with van der Waals surface area (Å²) >= 11 is 0. The van der Waals surface area contributed by atoms with Crippen LogP contribution in [-0.4, -0.2) is 26.5 Å². The maximum absolute atomic E-state index is 5.70. The molecule has 1 atom stereocenters. The van der Waals surface area contributed by atoms with Crippen LogP contribution in [-0.2, 0) is 0 Å². The topological polar surface area (TPSA) is 92.5 Å². The number of nitrogens with one attached hydrogen (secondary N) is 2. The number of nitrogens with zero attached hydrogens (tertiary/aromatic N) is 3. The van der Waals surface area contributed by atoms with Gasteiger partial charge in [0.1, 0.15) is 17.7 Å². The molecule has 2 aromatic rings. The van der Waals surface area contributed by atoms with Crippen molar-refractivity contribution in [1.82, 2.24) is 25.3 Å². The molecule has 0 radical (unpaired) electrons. The first-order valence-electron chi connectivity index (χ1n) is 4.91. The summed E-state index contributed by atoms with van der Waals surface area (Å²) < 4.78 is 0. The summed E-state index contributed by atoms with van der Waals surface area (Å²) in [6.45, 7) is 4.97. The number of H-pyrrole nitrogens is 1. The van der Waals surface area contributed by atoms with Gasteiger partial charge in [0.2, 0.25) is 0 Å². The van der Waals surface area contributed by atoms with Crippen LogP contribution in [0.15, 0.2) is 6.33 Å². The maximum atomic E-state index is 5.70. The second kappa shape index (κ2) is 3.82. The smallest absolute Gasteiger partial charge is 0.183 e. The molecule has 6 heteroatoms. The van der Waals surface area contributed by atoms with Gasteiger partial charge < -0.3 is 16.0 Å². The molecule has 0 spiro atoms. The summed E-state index contributed by atoms with van der Waals surface area (Å²) in [4.78, 5) is 15.4. The summed E-state index contributed by atoms with van der Waals surface area (Å²) in [7, 11) is 0. The van der Waals surface area contributed by atoms with Gasteiger partial charge in [-0.25, -0.2) is 15.0 Å². The Bertz CT molecular complexity index is 463. The molecule has 0 fully saturated rings. The van der Waals surface area contributed by atoms with Crippen molar-refractivity contribution in [3.05, 3.63) is 12.2 Å². The third-order valence-electron chi connectivity index (χ3n) is 2.26. The molecule has 0 aromatic carbocycles. The van der Waals surface area contributed by atoms with E-state index >= 15 is 0 Å². The standard InChI is InChI=1S/C9H14N6/c1-3-11-5(2)8-14-6-7(10)12-4-13-9(6)15-8/h4-5,11H,3H2,1-2H3,(H3,10,12,13,14,15). The minimum absolute atomic E-state index is 0.156. The summed E-state index contributed by atoms with van der Waals surface area (Å²) in [6, 6.07) is 0.156. The van der Waals surface area contributed by atoms with Gasteiger partial charge in [-0.2, -0.15) is 0 Å². The number of nitrogens with two attached hydrogens (primary N) is 1. The minimum atomic E-state index is 0.156. The number of hydrogen-bond donors (Lipinski definition) is 3. The first-order chi connectivity index (χ1) is 7.22. The van der Waals surface area contributed by atoms with E-state index in [1.165, 1.54) is 6.33 Å². The number of aromatic nitrogens is 4. The third-order valence-corrected chi connectivity index (χ3v) is 2.26. The Kier molecular flexibility index (Phi) is 2.51. The van der Waals surface area contributed by atoms with Crippen LogP contribution < -0.4 is 11.1 Å². The van der Waals surface area contributed by atoms with Crippen molar-refractivity contribution in [2.75, 3.05) is 12.3 Å². The molecule has 2 aromatic heterocycles. The van der Waals surface area contributed by atoms with Crippen LogP contribution in [0.1, 0.15) is 25.7 Å². The first-order valence-corrected chi connectivity index (χ1v) is 4.91. The van der Waals surface area contributed by atoms with Crippen molar-refractivity contribution < 1.29 is 0 Å². The fourth-order valence-corrected chi connectivity index (χ4v) is 1.47. The van der Waals surface area contributed by atoms with Crippen LogP contribution in [0.5, 0.6) is 0 Å². The lowest BCUT2D eigenvalue weighted by Crippen LogP contribution is -2.18. The van der Waals surface area contributed by atoms with Crippen molar-refractivity contribution in [2.45, 2.75) is 19.9 Å². The van der Waals surface area contributed by atoms with E-state index in [4.69, 9.17) is 5.73 Å². The monoisotopic (exact) mass is 206 g/mol. The van der Waals surface area contributed by atoms with Gasteiger partial charge >= 0.3 is 0 Å². The van der Waals surface area contributed by atoms with Crippen molar-refractivity contribution >= 4 is 17.0 Å². The van der Waals surface area contributed by atoms with Gasteiger partial charge in [0, 0.05) is 0 Å². The molecule has 2 rings (SSSR count). The predicted molar refractivity (Wildman–Crippen MR) is 58.2 cm³/mol. The number of fused-ring (bicyclic) bond motifs is 1. The summed E-state index contributed by atoms with van der Waals surface area (Å²) in [5, 5.41) is 3.26. The second-order valence-electron chi connectivity index (χ2n) is 3.36. The van der Waals surface area contributed by atoms with E-state index in [0.717, 1.165) is 12.4 Å². The number of imidazole rings is 1. The third kappa shape index (κ3) is 1.75. The zero-order chi connectivity index (χ0) is 10.8. The highest BCUT2D eigenvalue weighted by atomic mass is 15.1. The molecule has 2 heterocycles. The molecule has 1 unspecified atom stereocenters. The van der Waals surface area contributed by atoms with Gasteiger partial charge in [-0.3, -0.25) is 0 Å². The molecule has 0 bridgehead atoms. The van der Waals surface area contributed by atoms with Crippen LogP contribution in [0.25, 0.3) is 11.2 Å². The van der Waals surface area contributed by atoms with Crippen molar-refractivity contribution in [1.29, 1.82) is 0 Å². The summed E-state index contributed by atoms with van der Waals surface area (Å²) in [5.41, 5.74) is 7.02. The molecule has 0 saturated carbocycles. The molecule has 0 aliphatic carbocycles. The van der Waals surface area contributed by atoms with Crippen molar-refractivity contribution in [3.8, 4) is 0 Å². The maximum Gasteiger partial charge on any atom is 0.183 e. The van der Waals surface area contributed by atoms with Crippen LogP contribution >= 0.6 is 0 Å². The van der Waals surface area contributed by atoms with E-state index in [9.17, 15) is 0 Å². The van der Waals surface area contributed by atoms with E-state index < -0.39 is 0 Å². The normalized spacial score (nSPS) is 13.2. The Morgan fingerprint density at radius 2 is 2.33 bits per heavy atom. The van der Waals surface area contributed by atoms with Crippen LogP contribution in [0, 0.1) is 0 Å². The molecule has 80 valence electrons. The fraction of sp³-hybridized carbons (Fsp3) is 0.444. The van der Waals surface area contributed by atoms with Gasteiger partial charge in [0.05, 0.1) is 6.04 Å². The lowest BCUT2D eigenvalue weighted by molar-refractivity contribution is 0.573. The number of nitrogen functional groups attached to an aromatic ring is 1. The molecule has 0 amide bonds. The van der Waals surface area contributed by atoms with Crippen LogP contribution in [0.4, 0.5) is 5.82 Å². The molecule has 15 heavy (non-hydrogen) atoms. The van der Waals surface area contributed by atoms with Crippen LogP contribution in [0.2, 0.25) is 0 Å². The number of rotatable bonds is 3. The highest BCUT2D eigenvalue weighted by Crippen LogP contribution is 2.16. The largest absolute Gasteiger partial charge is 0.382 e. The van der Waals surface area contributed by atoms with Gasteiger partial charge in [-0.1, -0.05) is 6.92 Å². The van der Waals surface area contributed by atoms with E-state index in [-0.39, 0.29) is 6.04 Å². The molecule has 6 nitrogen and oxygen atoms in total. The Balaban J connectivity index is 2.43. The van der Waals surface area contributed by atoms with E-state index in [1.807, 2.05) is 13.8 Å². The summed E-state index contributed by atoms with van der Waals surface area (Å²) in [6.07, 6.45) is 1.42. The quantitative estimate of drug-likeness (QED) is 0.684. The van der Waals surface area contributed by atoms with Crippen LogP contribution in [0.3, 0.4) is 0 Å². The molecule has 0 aliphatic rings. The Labute approximate surface area is 87.3 Å². The Hall–Kier alpha value is -1.69. The molecule has 4 N–H and O–H groups in total. The average molecular weight is 206 g/mol. The molecular formula is C9H14N6. The molecule has 0 saturated heterocycles. The number of aromatic amines is 1. The number of hydrogen-bond acceptors (Lipinski definition) is 5.